The molecule has 0 radical (unpaired) electrons. The third-order valence-corrected chi connectivity index (χ3v) is 5.42. The van der Waals surface area contributed by atoms with Crippen LogP contribution in [0.3, 0.4) is 0 Å². The van der Waals surface area contributed by atoms with Crippen LogP contribution in [0.25, 0.3) is 0 Å². The molecule has 1 fully saturated rings. The maximum Gasteiger partial charge on any atom is 0.126 e. The maximum atomic E-state index is 13.8. The molecule has 0 bridgehead atoms. The highest BCUT2D eigenvalue weighted by Crippen LogP contribution is 2.40. The molecule has 1 aliphatic heterocycles. The van der Waals surface area contributed by atoms with Crippen molar-refractivity contribution in [2.75, 3.05) is 18.0 Å². The molecule has 0 unspecified atom stereocenters. The summed E-state index contributed by atoms with van der Waals surface area (Å²) >= 11 is 0. The molecule has 2 nitrogen and oxygen atoms in total. The Balaban J connectivity index is 2.26. The zero-order valence-corrected chi connectivity index (χ0v) is 13.7. The van der Waals surface area contributed by atoms with E-state index in [0.717, 1.165) is 18.8 Å². The number of rotatable bonds is 4. The fourth-order valence-corrected chi connectivity index (χ4v) is 3.47. The molecule has 0 amide bonds. The number of halogens is 1. The van der Waals surface area contributed by atoms with Crippen LogP contribution in [-0.4, -0.2) is 18.2 Å². The number of benzene rings is 1. The molecule has 118 valence electrons. The molecule has 0 saturated carbocycles. The average molecular weight is 293 g/mol. The van der Waals surface area contributed by atoms with Crippen LogP contribution in [0.2, 0.25) is 0 Å². The van der Waals surface area contributed by atoms with E-state index in [1.54, 1.807) is 13.8 Å². The van der Waals surface area contributed by atoms with Gasteiger partial charge in [0, 0.05) is 24.3 Å². The molecule has 0 aromatic heterocycles. The van der Waals surface area contributed by atoms with E-state index in [0.29, 0.717) is 16.5 Å². The molecule has 1 atom stereocenters. The molecular weight excluding hydrogens is 265 g/mol. The minimum absolute atomic E-state index is 0.233. The van der Waals surface area contributed by atoms with E-state index in [9.17, 15) is 9.50 Å². The molecule has 1 aromatic carbocycles. The standard InChI is InChI=1S/C18H28FNO/c1-5-18(6-2)7-9-20(10-8-18)17-11-13(3)16(19)12-15(17)14(4)21/h11-12,14,21H,5-10H2,1-4H3/t14-/m0/s1. The van der Waals surface area contributed by atoms with Crippen molar-refractivity contribution in [2.24, 2.45) is 5.41 Å². The zero-order chi connectivity index (χ0) is 15.6. The van der Waals surface area contributed by atoms with Crippen LogP contribution in [0.1, 0.15) is 63.7 Å². The lowest BCUT2D eigenvalue weighted by Gasteiger charge is -2.42. The number of aliphatic hydroxyl groups is 1. The third-order valence-electron chi connectivity index (χ3n) is 5.42. The van der Waals surface area contributed by atoms with Gasteiger partial charge in [0.05, 0.1) is 6.10 Å². The number of aryl methyl sites for hydroxylation is 1. The topological polar surface area (TPSA) is 23.5 Å². The molecule has 3 heteroatoms. The zero-order valence-electron chi connectivity index (χ0n) is 13.7. The minimum atomic E-state index is -0.640. The molecular formula is C18H28FNO. The second-order valence-electron chi connectivity index (χ2n) is 6.53. The molecule has 1 heterocycles. The van der Waals surface area contributed by atoms with Crippen LogP contribution >= 0.6 is 0 Å². The summed E-state index contributed by atoms with van der Waals surface area (Å²) in [5, 5.41) is 9.95. The lowest BCUT2D eigenvalue weighted by molar-refractivity contribution is 0.192. The van der Waals surface area contributed by atoms with Crippen LogP contribution in [0.5, 0.6) is 0 Å². The minimum Gasteiger partial charge on any atom is -0.389 e. The Kier molecular flexibility index (Phi) is 4.92. The Morgan fingerprint density at radius 3 is 2.29 bits per heavy atom. The van der Waals surface area contributed by atoms with Gasteiger partial charge in [-0.3, -0.25) is 0 Å². The fourth-order valence-electron chi connectivity index (χ4n) is 3.47. The normalized spacial score (nSPS) is 19.6. The van der Waals surface area contributed by atoms with Gasteiger partial charge in [0.2, 0.25) is 0 Å². The van der Waals surface area contributed by atoms with Crippen molar-refractivity contribution in [3.8, 4) is 0 Å². The van der Waals surface area contributed by atoms with E-state index in [4.69, 9.17) is 0 Å². The van der Waals surface area contributed by atoms with Crippen LogP contribution < -0.4 is 4.90 Å². The van der Waals surface area contributed by atoms with E-state index in [1.165, 1.54) is 31.7 Å². The monoisotopic (exact) mass is 293 g/mol. The summed E-state index contributed by atoms with van der Waals surface area (Å²) in [4.78, 5) is 2.32. The van der Waals surface area contributed by atoms with Gasteiger partial charge in [-0.25, -0.2) is 4.39 Å². The van der Waals surface area contributed by atoms with Gasteiger partial charge in [-0.2, -0.15) is 0 Å². The predicted molar refractivity (Wildman–Crippen MR) is 86.2 cm³/mol. The molecule has 0 aliphatic carbocycles. The molecule has 2 rings (SSSR count). The Morgan fingerprint density at radius 1 is 1.24 bits per heavy atom. The van der Waals surface area contributed by atoms with Gasteiger partial charge in [0.1, 0.15) is 5.82 Å². The summed E-state index contributed by atoms with van der Waals surface area (Å²) in [6.07, 6.45) is 4.16. The van der Waals surface area contributed by atoms with Gasteiger partial charge >= 0.3 is 0 Å². The smallest absolute Gasteiger partial charge is 0.126 e. The van der Waals surface area contributed by atoms with E-state index in [-0.39, 0.29) is 5.82 Å². The highest BCUT2D eigenvalue weighted by atomic mass is 19.1. The van der Waals surface area contributed by atoms with Crippen molar-refractivity contribution >= 4 is 5.69 Å². The Labute approximate surface area is 128 Å². The van der Waals surface area contributed by atoms with Gasteiger partial charge < -0.3 is 10.0 Å². The van der Waals surface area contributed by atoms with Crippen molar-refractivity contribution in [3.63, 3.8) is 0 Å². The van der Waals surface area contributed by atoms with E-state index < -0.39 is 6.10 Å². The largest absolute Gasteiger partial charge is 0.389 e. The molecule has 0 spiro atoms. The van der Waals surface area contributed by atoms with E-state index in [1.807, 2.05) is 6.07 Å². The molecule has 1 saturated heterocycles. The Morgan fingerprint density at radius 2 is 1.81 bits per heavy atom. The summed E-state index contributed by atoms with van der Waals surface area (Å²) in [5.74, 6) is -0.233. The first-order valence-electron chi connectivity index (χ1n) is 8.15. The molecule has 1 aromatic rings. The summed E-state index contributed by atoms with van der Waals surface area (Å²) in [6.45, 7) is 10.0. The van der Waals surface area contributed by atoms with E-state index in [2.05, 4.69) is 18.7 Å². The van der Waals surface area contributed by atoms with Crippen LogP contribution in [0.15, 0.2) is 12.1 Å². The third kappa shape index (κ3) is 3.23. The average Bonchev–Trinajstić information content (AvgIpc) is 2.49. The highest BCUT2D eigenvalue weighted by Gasteiger charge is 2.32. The number of piperidine rings is 1. The lowest BCUT2D eigenvalue weighted by atomic mass is 9.74. The summed E-state index contributed by atoms with van der Waals surface area (Å²) in [5.41, 5.74) is 2.83. The van der Waals surface area contributed by atoms with Gasteiger partial charge in [-0.05, 0) is 49.8 Å². The van der Waals surface area contributed by atoms with Gasteiger partial charge in [-0.15, -0.1) is 0 Å². The van der Waals surface area contributed by atoms with Crippen LogP contribution in [0.4, 0.5) is 10.1 Å². The second-order valence-corrected chi connectivity index (χ2v) is 6.53. The van der Waals surface area contributed by atoms with Crippen molar-refractivity contribution in [2.45, 2.75) is 59.5 Å². The lowest BCUT2D eigenvalue weighted by Crippen LogP contribution is -2.40. The number of hydrogen-bond acceptors (Lipinski definition) is 2. The highest BCUT2D eigenvalue weighted by molar-refractivity contribution is 5.57. The van der Waals surface area contributed by atoms with Crippen molar-refractivity contribution in [1.82, 2.24) is 0 Å². The van der Waals surface area contributed by atoms with Crippen molar-refractivity contribution in [1.29, 1.82) is 0 Å². The number of nitrogens with zero attached hydrogens (tertiary/aromatic N) is 1. The van der Waals surface area contributed by atoms with Gasteiger partial charge in [0.15, 0.2) is 0 Å². The van der Waals surface area contributed by atoms with E-state index >= 15 is 0 Å². The first-order chi connectivity index (χ1) is 9.92. The summed E-state index contributed by atoms with van der Waals surface area (Å²) in [6, 6.07) is 3.39. The van der Waals surface area contributed by atoms with Crippen molar-refractivity contribution in [3.05, 3.63) is 29.1 Å². The molecule has 21 heavy (non-hydrogen) atoms. The first kappa shape index (κ1) is 16.3. The van der Waals surface area contributed by atoms with Gasteiger partial charge in [-0.1, -0.05) is 26.7 Å². The predicted octanol–water partition coefficient (Wildman–Crippen LogP) is 4.59. The van der Waals surface area contributed by atoms with Crippen molar-refractivity contribution < 1.29 is 9.50 Å². The Hall–Kier alpha value is -1.09. The fraction of sp³-hybridized carbons (Fsp3) is 0.667. The molecule has 1 aliphatic rings. The Bertz CT molecular complexity index is 484. The quantitative estimate of drug-likeness (QED) is 0.877. The number of anilines is 1. The SMILES string of the molecule is CCC1(CC)CCN(c2cc(C)c(F)cc2[C@H](C)O)CC1. The summed E-state index contributed by atoms with van der Waals surface area (Å²) in [7, 11) is 0. The van der Waals surface area contributed by atoms with Gasteiger partial charge in [0.25, 0.3) is 0 Å². The maximum absolute atomic E-state index is 13.8. The number of hydrogen-bond donors (Lipinski definition) is 1. The summed E-state index contributed by atoms with van der Waals surface area (Å²) < 4.78 is 13.8. The first-order valence-corrected chi connectivity index (χ1v) is 8.15. The molecule has 1 N–H and O–H groups in total. The van der Waals surface area contributed by atoms with Crippen LogP contribution in [0, 0.1) is 18.2 Å². The number of aliphatic hydroxyl groups excluding tert-OH is 1. The second kappa shape index (κ2) is 6.35. The van der Waals surface area contributed by atoms with Crippen LogP contribution in [-0.2, 0) is 0 Å².